The van der Waals surface area contributed by atoms with Gasteiger partial charge in [-0.3, -0.25) is 14.4 Å². The fourth-order valence-corrected chi connectivity index (χ4v) is 3.63. The van der Waals surface area contributed by atoms with E-state index in [1.165, 1.54) is 20.8 Å². The summed E-state index contributed by atoms with van der Waals surface area (Å²) in [7, 11) is 0. The quantitative estimate of drug-likeness (QED) is 0.175. The van der Waals surface area contributed by atoms with Gasteiger partial charge in [0.1, 0.15) is 37.4 Å². The topological polar surface area (TPSA) is 123 Å². The van der Waals surface area contributed by atoms with Gasteiger partial charge in [-0.05, 0) is 35.4 Å². The van der Waals surface area contributed by atoms with Crippen molar-refractivity contribution < 1.29 is 38.1 Å². The number of alkyl halides is 1. The van der Waals surface area contributed by atoms with Crippen molar-refractivity contribution in [1.29, 1.82) is 0 Å². The summed E-state index contributed by atoms with van der Waals surface area (Å²) in [5.41, 5.74) is 8.28. The van der Waals surface area contributed by atoms with Crippen molar-refractivity contribution in [2.24, 2.45) is 0 Å². The van der Waals surface area contributed by atoms with Gasteiger partial charge < -0.3 is 29.4 Å². The summed E-state index contributed by atoms with van der Waals surface area (Å²) in [4.78, 5) is 33.5. The largest absolute Gasteiger partial charge is 0.490 e. The molecule has 9 nitrogen and oxygen atoms in total. The van der Waals surface area contributed by atoms with Crippen LogP contribution in [-0.4, -0.2) is 55.8 Å². The fraction of sp³-hybridized carbons (Fsp3) is 0.444. The minimum atomic E-state index is -0.713. The second-order valence-electron chi connectivity index (χ2n) is 8.94. The van der Waals surface area contributed by atoms with Crippen molar-refractivity contribution >= 4 is 35.2 Å². The maximum Gasteiger partial charge on any atom is 0.303 e. The zero-order chi connectivity index (χ0) is 27.6. The average Bonchev–Trinajstić information content (AvgIpc) is 2.83. The number of ether oxygens (including phenoxy) is 5. The molecule has 0 aliphatic carbocycles. The lowest BCUT2D eigenvalue weighted by molar-refractivity contribution is -0.158. The SMILES string of the molecule is CC(=O)OCC(COc1ccc(C(C)(C)c2ccc(OCC(CCl)OC(C)=O)c(N)c2)cc1)OC(C)=O. The molecule has 0 heterocycles. The van der Waals surface area contributed by atoms with Gasteiger partial charge in [-0.1, -0.05) is 32.0 Å². The van der Waals surface area contributed by atoms with Crippen LogP contribution in [-0.2, 0) is 34.0 Å². The van der Waals surface area contributed by atoms with Crippen LogP contribution in [0.3, 0.4) is 0 Å². The van der Waals surface area contributed by atoms with Gasteiger partial charge in [-0.25, -0.2) is 0 Å². The molecule has 0 radical (unpaired) electrons. The number of esters is 3. The third-order valence-corrected chi connectivity index (χ3v) is 5.82. The Morgan fingerprint density at radius 1 is 0.811 bits per heavy atom. The molecule has 0 amide bonds. The highest BCUT2D eigenvalue weighted by Crippen LogP contribution is 2.35. The molecule has 0 saturated heterocycles. The van der Waals surface area contributed by atoms with E-state index in [1.807, 2.05) is 36.4 Å². The molecule has 37 heavy (non-hydrogen) atoms. The summed E-state index contributed by atoms with van der Waals surface area (Å²) >= 11 is 5.83. The summed E-state index contributed by atoms with van der Waals surface area (Å²) in [5, 5.41) is 0. The Labute approximate surface area is 222 Å². The molecule has 202 valence electrons. The third-order valence-electron chi connectivity index (χ3n) is 5.48. The number of carbonyl (C=O) groups is 3. The molecule has 0 aromatic heterocycles. The minimum Gasteiger partial charge on any atom is -0.490 e. The Hall–Kier alpha value is -3.46. The molecule has 0 aliphatic heterocycles. The standard InChI is InChI=1S/C27H34ClNO8/c1-17(30)33-15-24(37-19(3)32)16-34-22-9-6-20(7-10-22)27(4,5)21-8-11-26(25(29)12-21)35-14-23(13-28)36-18(2)31/h6-12,23-24H,13-16,29H2,1-5H3. The van der Waals surface area contributed by atoms with Crippen LogP contribution in [0.1, 0.15) is 45.7 Å². The van der Waals surface area contributed by atoms with Gasteiger partial charge in [0.15, 0.2) is 6.10 Å². The summed E-state index contributed by atoms with van der Waals surface area (Å²) in [6, 6.07) is 13.1. The smallest absolute Gasteiger partial charge is 0.303 e. The van der Waals surface area contributed by atoms with Crippen molar-refractivity contribution in [3.63, 3.8) is 0 Å². The highest BCUT2D eigenvalue weighted by atomic mass is 35.5. The second kappa shape index (κ2) is 13.7. The highest BCUT2D eigenvalue weighted by molar-refractivity contribution is 6.18. The van der Waals surface area contributed by atoms with Crippen LogP contribution in [0.2, 0.25) is 0 Å². The molecule has 0 spiro atoms. The number of halogens is 1. The molecule has 2 rings (SSSR count). The number of anilines is 1. The summed E-state index contributed by atoms with van der Waals surface area (Å²) in [6.45, 7) is 8.06. The van der Waals surface area contributed by atoms with Crippen molar-refractivity contribution in [1.82, 2.24) is 0 Å². The molecule has 2 unspecified atom stereocenters. The van der Waals surface area contributed by atoms with Crippen molar-refractivity contribution in [2.45, 2.75) is 52.2 Å². The molecule has 2 atom stereocenters. The molecule has 0 fully saturated rings. The van der Waals surface area contributed by atoms with Crippen LogP contribution in [0.5, 0.6) is 11.5 Å². The van der Waals surface area contributed by atoms with Crippen LogP contribution in [0.15, 0.2) is 42.5 Å². The Morgan fingerprint density at radius 3 is 1.92 bits per heavy atom. The molecule has 0 aliphatic rings. The number of hydrogen-bond acceptors (Lipinski definition) is 9. The van der Waals surface area contributed by atoms with E-state index < -0.39 is 35.5 Å². The Kier molecular flexibility index (Phi) is 11.1. The second-order valence-corrected chi connectivity index (χ2v) is 9.25. The van der Waals surface area contributed by atoms with Gasteiger partial charge in [0.05, 0.1) is 11.6 Å². The average molecular weight is 536 g/mol. The van der Waals surface area contributed by atoms with Gasteiger partial charge in [-0.15, -0.1) is 11.6 Å². The van der Waals surface area contributed by atoms with Gasteiger partial charge in [0.25, 0.3) is 0 Å². The van der Waals surface area contributed by atoms with E-state index in [-0.39, 0.29) is 25.7 Å². The minimum absolute atomic E-state index is 0.0373. The summed E-state index contributed by atoms with van der Waals surface area (Å²) in [6.07, 6.45) is -1.28. The van der Waals surface area contributed by atoms with Crippen molar-refractivity contribution in [3.8, 4) is 11.5 Å². The van der Waals surface area contributed by atoms with E-state index in [1.54, 1.807) is 6.07 Å². The van der Waals surface area contributed by atoms with Crippen LogP contribution in [0.4, 0.5) is 5.69 Å². The number of nitrogen functional groups attached to an aromatic ring is 1. The molecule has 0 bridgehead atoms. The van der Waals surface area contributed by atoms with E-state index in [2.05, 4.69) is 13.8 Å². The van der Waals surface area contributed by atoms with Crippen molar-refractivity contribution in [2.75, 3.05) is 31.4 Å². The number of benzene rings is 2. The third kappa shape index (κ3) is 9.49. The van der Waals surface area contributed by atoms with Crippen LogP contribution in [0.25, 0.3) is 0 Å². The van der Waals surface area contributed by atoms with E-state index in [9.17, 15) is 14.4 Å². The van der Waals surface area contributed by atoms with Gasteiger partial charge >= 0.3 is 17.9 Å². The maximum atomic E-state index is 11.3. The maximum absolute atomic E-state index is 11.3. The van der Waals surface area contributed by atoms with E-state index in [0.29, 0.717) is 17.2 Å². The molecular formula is C27H34ClNO8. The Bertz CT molecular complexity index is 1070. The lowest BCUT2D eigenvalue weighted by Crippen LogP contribution is -2.29. The van der Waals surface area contributed by atoms with Crippen molar-refractivity contribution in [3.05, 3.63) is 53.6 Å². The van der Waals surface area contributed by atoms with E-state index in [0.717, 1.165) is 11.1 Å². The van der Waals surface area contributed by atoms with Crippen LogP contribution >= 0.6 is 11.6 Å². The first kappa shape index (κ1) is 29.8. The zero-order valence-corrected chi connectivity index (χ0v) is 22.5. The Morgan fingerprint density at radius 2 is 1.38 bits per heavy atom. The predicted molar refractivity (Wildman–Crippen MR) is 139 cm³/mol. The fourth-order valence-electron chi connectivity index (χ4n) is 3.48. The van der Waals surface area contributed by atoms with Crippen LogP contribution in [0, 0.1) is 0 Å². The number of nitrogens with two attached hydrogens (primary N) is 1. The number of rotatable bonds is 13. The molecule has 10 heteroatoms. The summed E-state index contributed by atoms with van der Waals surface area (Å²) in [5.74, 6) is -0.226. The molecule has 2 N–H and O–H groups in total. The first-order chi connectivity index (χ1) is 17.4. The van der Waals surface area contributed by atoms with E-state index >= 15 is 0 Å². The summed E-state index contributed by atoms with van der Waals surface area (Å²) < 4.78 is 26.6. The molecule has 2 aromatic rings. The van der Waals surface area contributed by atoms with E-state index in [4.69, 9.17) is 41.0 Å². The predicted octanol–water partition coefficient (Wildman–Crippen LogP) is 4.02. The number of hydrogen-bond donors (Lipinski definition) is 1. The van der Waals surface area contributed by atoms with Crippen LogP contribution < -0.4 is 15.2 Å². The van der Waals surface area contributed by atoms with Gasteiger partial charge in [0, 0.05) is 26.2 Å². The molecular weight excluding hydrogens is 502 g/mol. The monoisotopic (exact) mass is 535 g/mol. The first-order valence-corrected chi connectivity index (χ1v) is 12.3. The zero-order valence-electron chi connectivity index (χ0n) is 21.7. The van der Waals surface area contributed by atoms with Gasteiger partial charge in [0.2, 0.25) is 0 Å². The highest BCUT2D eigenvalue weighted by Gasteiger charge is 2.24. The molecule has 0 saturated carbocycles. The van der Waals surface area contributed by atoms with Gasteiger partial charge in [-0.2, -0.15) is 0 Å². The lowest BCUT2D eigenvalue weighted by atomic mass is 9.78. The Balaban J connectivity index is 2.06. The first-order valence-electron chi connectivity index (χ1n) is 11.7. The molecule has 2 aromatic carbocycles. The normalized spacial score (nSPS) is 12.7. The lowest BCUT2D eigenvalue weighted by Gasteiger charge is -2.27. The number of carbonyl (C=O) groups excluding carboxylic acids is 3.